The van der Waals surface area contributed by atoms with Crippen molar-refractivity contribution >= 4 is 18.8 Å². The first kappa shape index (κ1) is 29.2. The van der Waals surface area contributed by atoms with Gasteiger partial charge in [0.15, 0.2) is 0 Å². The fraction of sp³-hybridized carbons (Fsp3) is 0.708. The molecule has 0 spiro atoms. The zero-order valence-corrected chi connectivity index (χ0v) is 20.4. The molecule has 0 saturated heterocycles. The number of ether oxygens (including phenoxy) is 1. The Morgan fingerprint density at radius 1 is 0.929 bits per heavy atom. The molecule has 0 aromatic heterocycles. The number of thiol groups is 1. The Bertz CT molecular complexity index is 458. The molecule has 1 N–H and O–H groups in total. The Hall–Kier alpha value is -1.00. The SMILES string of the molecule is CC(=O)OC(C)C.CC(C)C.CC(C)CCCCCC(NS)c1ccccc1. The fourth-order valence-corrected chi connectivity index (χ4v) is 2.68. The van der Waals surface area contributed by atoms with Gasteiger partial charge in [0.2, 0.25) is 0 Å². The van der Waals surface area contributed by atoms with E-state index in [9.17, 15) is 4.79 Å². The lowest BCUT2D eigenvalue weighted by atomic mass is 9.99. The number of benzene rings is 1. The van der Waals surface area contributed by atoms with Gasteiger partial charge < -0.3 is 4.74 Å². The Morgan fingerprint density at radius 2 is 1.43 bits per heavy atom. The Morgan fingerprint density at radius 3 is 1.79 bits per heavy atom. The van der Waals surface area contributed by atoms with Gasteiger partial charge in [-0.1, -0.05) is 103 Å². The Kier molecular flexibility index (Phi) is 20.2. The van der Waals surface area contributed by atoms with Crippen LogP contribution in [0.2, 0.25) is 0 Å². The van der Waals surface area contributed by atoms with E-state index >= 15 is 0 Å². The molecule has 1 aromatic rings. The highest BCUT2D eigenvalue weighted by atomic mass is 32.1. The number of hydrogen-bond acceptors (Lipinski definition) is 4. The van der Waals surface area contributed by atoms with E-state index in [4.69, 9.17) is 0 Å². The third-order valence-corrected chi connectivity index (χ3v) is 3.85. The van der Waals surface area contributed by atoms with Crippen LogP contribution in [0.1, 0.15) is 99.1 Å². The second-order valence-corrected chi connectivity index (χ2v) is 8.77. The number of esters is 1. The first-order valence-electron chi connectivity index (χ1n) is 10.7. The number of hydrogen-bond donors (Lipinski definition) is 2. The van der Waals surface area contributed by atoms with Crippen LogP contribution in [0.5, 0.6) is 0 Å². The lowest BCUT2D eigenvalue weighted by Crippen LogP contribution is -2.11. The second-order valence-electron chi connectivity index (χ2n) is 8.51. The van der Waals surface area contributed by atoms with Crippen LogP contribution < -0.4 is 4.72 Å². The molecule has 0 saturated carbocycles. The summed E-state index contributed by atoms with van der Waals surface area (Å²) < 4.78 is 7.72. The van der Waals surface area contributed by atoms with Crippen LogP contribution in [0.3, 0.4) is 0 Å². The van der Waals surface area contributed by atoms with Gasteiger partial charge in [-0.15, -0.1) is 0 Å². The fourth-order valence-electron chi connectivity index (χ4n) is 2.40. The summed E-state index contributed by atoms with van der Waals surface area (Å²) in [7, 11) is 0. The molecule has 164 valence electrons. The van der Waals surface area contributed by atoms with Crippen molar-refractivity contribution in [2.75, 3.05) is 0 Å². The van der Waals surface area contributed by atoms with Gasteiger partial charge in [0.25, 0.3) is 0 Å². The van der Waals surface area contributed by atoms with Crippen molar-refractivity contribution in [3.63, 3.8) is 0 Å². The normalized spacial score (nSPS) is 11.4. The van der Waals surface area contributed by atoms with Crippen molar-refractivity contribution in [2.24, 2.45) is 11.8 Å². The van der Waals surface area contributed by atoms with Crippen LogP contribution in [0.4, 0.5) is 0 Å². The second kappa shape index (κ2) is 19.3. The van der Waals surface area contributed by atoms with Gasteiger partial charge in [-0.2, -0.15) is 0 Å². The van der Waals surface area contributed by atoms with E-state index in [1.54, 1.807) is 0 Å². The molecule has 0 aliphatic carbocycles. The zero-order valence-electron chi connectivity index (χ0n) is 19.5. The highest BCUT2D eigenvalue weighted by Crippen LogP contribution is 2.21. The first-order valence-corrected chi connectivity index (χ1v) is 11.2. The largest absolute Gasteiger partial charge is 0.463 e. The summed E-state index contributed by atoms with van der Waals surface area (Å²) >= 11 is 4.23. The van der Waals surface area contributed by atoms with Gasteiger partial charge >= 0.3 is 5.97 Å². The number of carbonyl (C=O) groups is 1. The molecule has 0 radical (unpaired) electrons. The summed E-state index contributed by atoms with van der Waals surface area (Å²) in [6.07, 6.45) is 6.51. The quantitative estimate of drug-likeness (QED) is 0.253. The van der Waals surface area contributed by atoms with Crippen molar-refractivity contribution in [2.45, 2.75) is 99.6 Å². The predicted octanol–water partition coefficient (Wildman–Crippen LogP) is 7.39. The van der Waals surface area contributed by atoms with E-state index in [2.05, 4.69) is 87.2 Å². The molecule has 1 rings (SSSR count). The Labute approximate surface area is 180 Å². The number of rotatable bonds is 9. The summed E-state index contributed by atoms with van der Waals surface area (Å²) in [5.74, 6) is 1.46. The molecule has 0 fully saturated rings. The van der Waals surface area contributed by atoms with Crippen molar-refractivity contribution in [3.05, 3.63) is 35.9 Å². The number of unbranched alkanes of at least 4 members (excludes halogenated alkanes) is 2. The molecule has 0 amide bonds. The molecule has 4 heteroatoms. The lowest BCUT2D eigenvalue weighted by Gasteiger charge is -2.15. The molecule has 3 nitrogen and oxygen atoms in total. The van der Waals surface area contributed by atoms with Gasteiger partial charge in [0, 0.05) is 13.0 Å². The summed E-state index contributed by atoms with van der Waals surface area (Å²) in [5, 5.41) is 0. The average molecular weight is 412 g/mol. The van der Waals surface area contributed by atoms with Gasteiger partial charge in [0.1, 0.15) is 0 Å². The average Bonchev–Trinajstić information content (AvgIpc) is 2.57. The standard InChI is InChI=1S/C15H25NS.C5H10O2.C4H10/c1-13(2)9-5-3-8-12-15(16-17)14-10-6-4-7-11-14;1-4(2)7-5(3)6;1-4(2)3/h4,6-7,10-11,13,15-17H,3,5,8-9,12H2,1-2H3;4H,1-3H3;4H,1-3H3. The molecule has 1 aromatic carbocycles. The minimum absolute atomic E-state index is 0.0255. The predicted molar refractivity (Wildman–Crippen MR) is 127 cm³/mol. The maximum absolute atomic E-state index is 10.0. The molecule has 0 aliphatic rings. The van der Waals surface area contributed by atoms with Gasteiger partial charge in [-0.05, 0) is 37.7 Å². The van der Waals surface area contributed by atoms with E-state index in [-0.39, 0.29) is 12.1 Å². The van der Waals surface area contributed by atoms with Crippen molar-refractivity contribution in [3.8, 4) is 0 Å². The summed E-state index contributed by atoms with van der Waals surface area (Å²) in [6.45, 7) is 16.1. The maximum Gasteiger partial charge on any atom is 0.302 e. The monoisotopic (exact) mass is 411 g/mol. The van der Waals surface area contributed by atoms with Crippen LogP contribution >= 0.6 is 12.8 Å². The van der Waals surface area contributed by atoms with Crippen molar-refractivity contribution in [1.82, 2.24) is 4.72 Å². The highest BCUT2D eigenvalue weighted by molar-refractivity contribution is 7.78. The minimum Gasteiger partial charge on any atom is -0.463 e. The third kappa shape index (κ3) is 23.0. The minimum atomic E-state index is -0.213. The van der Waals surface area contributed by atoms with Crippen molar-refractivity contribution < 1.29 is 9.53 Å². The maximum atomic E-state index is 10.0. The molecular weight excluding hydrogens is 366 g/mol. The van der Waals surface area contributed by atoms with E-state index in [0.717, 1.165) is 11.8 Å². The molecule has 0 aliphatic heterocycles. The van der Waals surface area contributed by atoms with Crippen molar-refractivity contribution in [1.29, 1.82) is 0 Å². The molecule has 1 atom stereocenters. The summed E-state index contributed by atoms with van der Waals surface area (Å²) in [5.41, 5.74) is 1.34. The van der Waals surface area contributed by atoms with E-state index < -0.39 is 0 Å². The summed E-state index contributed by atoms with van der Waals surface area (Å²) in [6, 6.07) is 11.0. The summed E-state index contributed by atoms with van der Waals surface area (Å²) in [4.78, 5) is 10.0. The molecular formula is C24H45NO2S. The van der Waals surface area contributed by atoms with Crippen LogP contribution in [0, 0.1) is 11.8 Å². The number of nitrogens with one attached hydrogen (secondary N) is 1. The highest BCUT2D eigenvalue weighted by Gasteiger charge is 2.08. The first-order chi connectivity index (χ1) is 13.1. The Balaban J connectivity index is 0. The zero-order chi connectivity index (χ0) is 21.9. The molecule has 1 unspecified atom stereocenters. The third-order valence-electron chi connectivity index (χ3n) is 3.53. The molecule has 0 heterocycles. The van der Waals surface area contributed by atoms with Gasteiger partial charge in [0.05, 0.1) is 6.10 Å². The van der Waals surface area contributed by atoms with Gasteiger partial charge in [-0.25, -0.2) is 0 Å². The van der Waals surface area contributed by atoms with Crippen LogP contribution in [0.25, 0.3) is 0 Å². The van der Waals surface area contributed by atoms with E-state index in [1.165, 1.54) is 44.6 Å². The molecule has 0 bridgehead atoms. The molecule has 28 heavy (non-hydrogen) atoms. The van der Waals surface area contributed by atoms with E-state index in [0.29, 0.717) is 6.04 Å². The topological polar surface area (TPSA) is 38.3 Å². The number of carbonyl (C=O) groups excluding carboxylic acids is 1. The van der Waals surface area contributed by atoms with Crippen LogP contribution in [-0.4, -0.2) is 12.1 Å². The van der Waals surface area contributed by atoms with Crippen LogP contribution in [-0.2, 0) is 9.53 Å². The lowest BCUT2D eigenvalue weighted by molar-refractivity contribution is -0.144. The van der Waals surface area contributed by atoms with Crippen LogP contribution in [0.15, 0.2) is 30.3 Å². The van der Waals surface area contributed by atoms with E-state index in [1.807, 2.05) is 13.8 Å². The van der Waals surface area contributed by atoms with Gasteiger partial charge in [-0.3, -0.25) is 9.52 Å². The smallest absolute Gasteiger partial charge is 0.302 e.